The molecule has 136 valence electrons. The molecule has 2 amide bonds. The Morgan fingerprint density at radius 3 is 2.50 bits per heavy atom. The summed E-state index contributed by atoms with van der Waals surface area (Å²) in [6.07, 6.45) is 0.268. The second-order valence-electron chi connectivity index (χ2n) is 7.26. The van der Waals surface area contributed by atoms with E-state index in [2.05, 4.69) is 6.07 Å². The molecule has 5 nitrogen and oxygen atoms in total. The number of carbonyl (C=O) groups is 2. The highest BCUT2D eigenvalue weighted by Crippen LogP contribution is 2.69. The van der Waals surface area contributed by atoms with Gasteiger partial charge in [-0.25, -0.2) is 0 Å². The highest BCUT2D eigenvalue weighted by atomic mass is 35.5. The molecule has 2 bridgehead atoms. The lowest BCUT2D eigenvalue weighted by atomic mass is 9.79. The summed E-state index contributed by atoms with van der Waals surface area (Å²) in [7, 11) is 4.43. The summed E-state index contributed by atoms with van der Waals surface area (Å²) >= 11 is 12.2. The van der Waals surface area contributed by atoms with Crippen molar-refractivity contribution in [2.45, 2.75) is 36.1 Å². The number of carbonyl (C=O) groups excluding carboxylic acids is 2. The van der Waals surface area contributed by atoms with Gasteiger partial charge in [-0.1, -0.05) is 50.9 Å². The molecule has 0 radical (unpaired) electrons. The first kappa shape index (κ1) is 18.3. The summed E-state index contributed by atoms with van der Waals surface area (Å²) in [4.78, 5) is 27.7. The topological polar surface area (TPSA) is 64.4 Å². The molecule has 4 heterocycles. The number of hydrogen-bond acceptors (Lipinski definition) is 5. The molecule has 0 N–H and O–H groups in total. The molecule has 3 unspecified atom stereocenters. The number of halogens is 2. The van der Waals surface area contributed by atoms with E-state index in [9.17, 15) is 14.9 Å². The van der Waals surface area contributed by atoms with Crippen molar-refractivity contribution in [3.8, 4) is 6.07 Å². The lowest BCUT2D eigenvalue weighted by Crippen LogP contribution is -2.73. The van der Waals surface area contributed by atoms with Crippen molar-refractivity contribution >= 4 is 56.6 Å². The van der Waals surface area contributed by atoms with Crippen LogP contribution in [0.1, 0.15) is 31.9 Å². The zero-order valence-corrected chi connectivity index (χ0v) is 17.4. The predicted molar refractivity (Wildman–Crippen MR) is 103 cm³/mol. The summed E-state index contributed by atoms with van der Waals surface area (Å²) in [5.41, 5.74) is -0.210. The third kappa shape index (κ3) is 2.02. The van der Waals surface area contributed by atoms with E-state index in [0.717, 1.165) is 0 Å². The van der Waals surface area contributed by atoms with Crippen LogP contribution >= 0.6 is 44.8 Å². The standard InChI is InChI=1S/C17H15Cl2N3O2S2/c1-15(8-20)7-17-14(24)21(3)16(2,25-26-17)13(23)22(17)12(15)9-4-5-10(18)11(19)6-9/h4-6,12H,7H2,1-3H3/t12?,15-,16?,17?/m1/s1. The largest absolute Gasteiger partial charge is 0.319 e. The molecular formula is C17H15Cl2N3O2S2. The van der Waals surface area contributed by atoms with Crippen molar-refractivity contribution < 1.29 is 9.59 Å². The van der Waals surface area contributed by atoms with Gasteiger partial charge in [-0.05, 0) is 31.5 Å². The minimum absolute atomic E-state index is 0.132. The Hall–Kier alpha value is -1.07. The Morgan fingerprint density at radius 2 is 1.88 bits per heavy atom. The van der Waals surface area contributed by atoms with Gasteiger partial charge in [0.2, 0.25) is 0 Å². The van der Waals surface area contributed by atoms with Crippen molar-refractivity contribution in [2.24, 2.45) is 5.41 Å². The fraction of sp³-hybridized carbons (Fsp3) is 0.471. The molecule has 1 aromatic rings. The van der Waals surface area contributed by atoms with Crippen LogP contribution in [0.25, 0.3) is 0 Å². The molecule has 4 saturated heterocycles. The minimum atomic E-state index is -1.07. The van der Waals surface area contributed by atoms with Crippen LogP contribution in [0.4, 0.5) is 0 Å². The Labute approximate surface area is 169 Å². The van der Waals surface area contributed by atoms with E-state index in [1.54, 1.807) is 44.0 Å². The predicted octanol–water partition coefficient (Wildman–Crippen LogP) is 4.08. The molecule has 4 fully saturated rings. The molecular weight excluding hydrogens is 413 g/mol. The first-order valence-corrected chi connectivity index (χ1v) is 10.9. The SMILES string of the molecule is CN1C(=O)C23C[C@](C)(C#N)C(c4ccc(Cl)c(Cl)c4)N2C(=O)C1(C)SS3. The van der Waals surface area contributed by atoms with E-state index in [4.69, 9.17) is 23.2 Å². The summed E-state index contributed by atoms with van der Waals surface area (Å²) in [5.74, 6) is -0.286. The second-order valence-corrected chi connectivity index (χ2v) is 10.9. The number of nitrogens with zero attached hydrogens (tertiary/aromatic N) is 3. The monoisotopic (exact) mass is 427 g/mol. The maximum atomic E-state index is 13.4. The summed E-state index contributed by atoms with van der Waals surface area (Å²) in [6, 6.07) is 6.91. The molecule has 0 saturated carbocycles. The zero-order valence-electron chi connectivity index (χ0n) is 14.2. The van der Waals surface area contributed by atoms with Gasteiger partial charge < -0.3 is 9.80 Å². The molecule has 9 heteroatoms. The lowest BCUT2D eigenvalue weighted by Gasteiger charge is -2.57. The summed E-state index contributed by atoms with van der Waals surface area (Å²) in [5, 5.41) is 10.7. The highest BCUT2D eigenvalue weighted by Gasteiger charge is 2.74. The van der Waals surface area contributed by atoms with Gasteiger partial charge in [0.05, 0.1) is 27.6 Å². The smallest absolute Gasteiger partial charge is 0.261 e. The number of hydrogen-bond donors (Lipinski definition) is 0. The number of benzene rings is 1. The third-order valence-corrected chi connectivity index (χ3v) is 10.0. The fourth-order valence-electron chi connectivity index (χ4n) is 4.10. The van der Waals surface area contributed by atoms with Crippen molar-refractivity contribution in [1.82, 2.24) is 9.80 Å². The van der Waals surface area contributed by atoms with Crippen molar-refractivity contribution in [3.05, 3.63) is 33.8 Å². The molecule has 0 aromatic heterocycles. The average Bonchev–Trinajstić information content (AvgIpc) is 2.89. The summed E-state index contributed by atoms with van der Waals surface area (Å²) < 4.78 is 0. The zero-order chi connectivity index (χ0) is 19.1. The first-order valence-electron chi connectivity index (χ1n) is 7.96. The molecule has 4 aliphatic heterocycles. The first-order chi connectivity index (χ1) is 12.1. The summed E-state index contributed by atoms with van der Waals surface area (Å²) in [6.45, 7) is 3.55. The molecule has 1 spiro atoms. The van der Waals surface area contributed by atoms with Gasteiger partial charge in [0.1, 0.15) is 0 Å². The van der Waals surface area contributed by atoms with E-state index in [0.29, 0.717) is 15.6 Å². The van der Waals surface area contributed by atoms with Crippen LogP contribution in [-0.2, 0) is 9.59 Å². The van der Waals surface area contributed by atoms with Gasteiger partial charge in [-0.15, -0.1) is 0 Å². The van der Waals surface area contributed by atoms with E-state index < -0.39 is 21.2 Å². The Morgan fingerprint density at radius 1 is 1.19 bits per heavy atom. The maximum absolute atomic E-state index is 13.4. The Bertz CT molecular complexity index is 906. The van der Waals surface area contributed by atoms with E-state index in [-0.39, 0.29) is 18.2 Å². The van der Waals surface area contributed by atoms with Crippen LogP contribution in [0.5, 0.6) is 0 Å². The molecule has 26 heavy (non-hydrogen) atoms. The molecule has 0 aliphatic carbocycles. The Kier molecular flexibility index (Phi) is 3.86. The lowest BCUT2D eigenvalue weighted by molar-refractivity contribution is -0.164. The highest BCUT2D eigenvalue weighted by molar-refractivity contribution is 8.78. The quantitative estimate of drug-likeness (QED) is 0.631. The van der Waals surface area contributed by atoms with Crippen molar-refractivity contribution in [2.75, 3.05) is 7.05 Å². The number of nitriles is 1. The molecule has 4 atom stereocenters. The van der Waals surface area contributed by atoms with Gasteiger partial charge in [-0.2, -0.15) is 5.26 Å². The van der Waals surface area contributed by atoms with Crippen molar-refractivity contribution in [1.29, 1.82) is 5.26 Å². The van der Waals surface area contributed by atoms with Crippen LogP contribution in [0.3, 0.4) is 0 Å². The fourth-order valence-corrected chi connectivity index (χ4v) is 7.99. The van der Waals surface area contributed by atoms with E-state index >= 15 is 0 Å². The number of amides is 2. The maximum Gasteiger partial charge on any atom is 0.261 e. The number of rotatable bonds is 1. The van der Waals surface area contributed by atoms with Gasteiger partial charge in [-0.3, -0.25) is 9.59 Å². The van der Waals surface area contributed by atoms with Crippen LogP contribution in [-0.4, -0.2) is 38.4 Å². The van der Waals surface area contributed by atoms with Crippen molar-refractivity contribution in [3.63, 3.8) is 0 Å². The second kappa shape index (κ2) is 5.48. The van der Waals surface area contributed by atoms with Crippen LogP contribution < -0.4 is 0 Å². The molecule has 1 aromatic carbocycles. The number of piperazine rings is 1. The molecule has 4 aliphatic rings. The Balaban J connectivity index is 1.95. The van der Waals surface area contributed by atoms with Crippen LogP contribution in [0.2, 0.25) is 10.0 Å². The van der Waals surface area contributed by atoms with Crippen LogP contribution in [0.15, 0.2) is 18.2 Å². The van der Waals surface area contributed by atoms with Crippen LogP contribution in [0, 0.1) is 16.7 Å². The minimum Gasteiger partial charge on any atom is -0.319 e. The van der Waals surface area contributed by atoms with E-state index in [1.165, 1.54) is 26.5 Å². The van der Waals surface area contributed by atoms with Gasteiger partial charge >= 0.3 is 0 Å². The van der Waals surface area contributed by atoms with Gasteiger partial charge in [0.15, 0.2) is 9.74 Å². The van der Waals surface area contributed by atoms with E-state index in [1.807, 2.05) is 0 Å². The number of likely N-dealkylation sites (N-methyl/N-ethyl adjacent to an activating group) is 1. The average molecular weight is 428 g/mol. The van der Waals surface area contributed by atoms with Gasteiger partial charge in [0.25, 0.3) is 11.8 Å². The number of fused-ring (bicyclic) bond motifs is 2. The molecule has 5 rings (SSSR count). The third-order valence-electron chi connectivity index (χ3n) is 5.61. The normalized spacial score (nSPS) is 38.5. The van der Waals surface area contributed by atoms with Gasteiger partial charge in [0, 0.05) is 13.5 Å².